The van der Waals surface area contributed by atoms with E-state index in [1.807, 2.05) is 44.1 Å². The standard InChI is InChI=1S/C19H24N4O3/c1-12-10-14-11-13(4-5-15(14)26-12)16(24)23-8-6-19(7-9-23)17(25)20-18(21-19)22(2)3/h4-5,11-12H,6-10H2,1-3H3,(H,20,21,25). The van der Waals surface area contributed by atoms with Gasteiger partial charge < -0.3 is 14.5 Å². The topological polar surface area (TPSA) is 74.2 Å². The Morgan fingerprint density at radius 2 is 2.08 bits per heavy atom. The number of hydrogen-bond acceptors (Lipinski definition) is 5. The summed E-state index contributed by atoms with van der Waals surface area (Å²) in [5.74, 6) is 1.43. The first kappa shape index (κ1) is 16.9. The molecule has 1 unspecified atom stereocenters. The summed E-state index contributed by atoms with van der Waals surface area (Å²) in [5, 5.41) is 2.84. The van der Waals surface area contributed by atoms with Crippen LogP contribution in [0.4, 0.5) is 0 Å². The largest absolute Gasteiger partial charge is 0.490 e. The Labute approximate surface area is 153 Å². The first-order chi connectivity index (χ1) is 12.4. The van der Waals surface area contributed by atoms with Crippen molar-refractivity contribution in [2.24, 2.45) is 4.99 Å². The maximum Gasteiger partial charge on any atom is 0.254 e. The Bertz CT molecular complexity index is 794. The van der Waals surface area contributed by atoms with E-state index in [1.165, 1.54) is 0 Å². The quantitative estimate of drug-likeness (QED) is 0.816. The summed E-state index contributed by atoms with van der Waals surface area (Å²) in [6, 6.07) is 5.65. The zero-order valence-electron chi connectivity index (χ0n) is 15.4. The average molecular weight is 356 g/mol. The van der Waals surface area contributed by atoms with Crippen molar-refractivity contribution in [3.05, 3.63) is 29.3 Å². The number of carbonyl (C=O) groups is 2. The van der Waals surface area contributed by atoms with Crippen molar-refractivity contribution in [2.75, 3.05) is 27.2 Å². The van der Waals surface area contributed by atoms with Crippen LogP contribution in [0.25, 0.3) is 0 Å². The number of benzene rings is 1. The van der Waals surface area contributed by atoms with Crippen LogP contribution in [0.3, 0.4) is 0 Å². The van der Waals surface area contributed by atoms with E-state index < -0.39 is 5.54 Å². The van der Waals surface area contributed by atoms with Crippen molar-refractivity contribution < 1.29 is 14.3 Å². The molecule has 3 aliphatic rings. The minimum atomic E-state index is -0.725. The monoisotopic (exact) mass is 356 g/mol. The van der Waals surface area contributed by atoms with E-state index in [0.29, 0.717) is 37.5 Å². The van der Waals surface area contributed by atoms with Crippen molar-refractivity contribution in [2.45, 2.75) is 37.8 Å². The number of ether oxygens (including phenoxy) is 1. The molecule has 2 amide bonds. The van der Waals surface area contributed by atoms with Crippen LogP contribution in [0.5, 0.6) is 5.75 Å². The molecule has 1 spiro atoms. The van der Waals surface area contributed by atoms with Crippen molar-refractivity contribution in [1.82, 2.24) is 15.1 Å². The van der Waals surface area contributed by atoms with Gasteiger partial charge in [-0.3, -0.25) is 14.9 Å². The third-order valence-corrected chi connectivity index (χ3v) is 5.41. The zero-order chi connectivity index (χ0) is 18.5. The SMILES string of the molecule is CC1Cc2cc(C(=O)N3CCC4(CC3)N=C(N(C)C)NC4=O)ccc2O1. The molecule has 7 nitrogen and oxygen atoms in total. The molecule has 3 heterocycles. The van der Waals surface area contributed by atoms with Crippen molar-refractivity contribution in [1.29, 1.82) is 0 Å². The Morgan fingerprint density at radius 3 is 2.73 bits per heavy atom. The van der Waals surface area contributed by atoms with Gasteiger partial charge in [0.25, 0.3) is 11.8 Å². The minimum Gasteiger partial charge on any atom is -0.490 e. The molecule has 1 N–H and O–H groups in total. The average Bonchev–Trinajstić information content (AvgIpc) is 3.14. The second kappa shape index (κ2) is 6.00. The molecular formula is C19H24N4O3. The third kappa shape index (κ3) is 2.71. The molecule has 3 aliphatic heterocycles. The number of hydrogen-bond donors (Lipinski definition) is 1. The number of likely N-dealkylation sites (tertiary alicyclic amines) is 1. The van der Waals surface area contributed by atoms with Gasteiger partial charge in [0.2, 0.25) is 5.96 Å². The minimum absolute atomic E-state index is 0.0115. The van der Waals surface area contributed by atoms with Crippen molar-refractivity contribution in [3.63, 3.8) is 0 Å². The fraction of sp³-hybridized carbons (Fsp3) is 0.526. The van der Waals surface area contributed by atoms with Gasteiger partial charge in [0.05, 0.1) is 0 Å². The number of guanidine groups is 1. The molecule has 0 aromatic heterocycles. The molecule has 1 saturated heterocycles. The summed E-state index contributed by atoms with van der Waals surface area (Å²) in [5.41, 5.74) is 1.05. The maximum absolute atomic E-state index is 12.9. The highest BCUT2D eigenvalue weighted by Gasteiger charge is 2.46. The predicted octanol–water partition coefficient (Wildman–Crippen LogP) is 1.03. The maximum atomic E-state index is 12.9. The summed E-state index contributed by atoms with van der Waals surface area (Å²) < 4.78 is 5.70. The lowest BCUT2D eigenvalue weighted by molar-refractivity contribution is -0.125. The number of aliphatic imine (C=N–C) groups is 1. The second-order valence-electron chi connectivity index (χ2n) is 7.56. The molecule has 1 fully saturated rings. The van der Waals surface area contributed by atoms with Crippen LogP contribution >= 0.6 is 0 Å². The third-order valence-electron chi connectivity index (χ3n) is 5.41. The number of nitrogens with zero attached hydrogens (tertiary/aromatic N) is 3. The van der Waals surface area contributed by atoms with Crippen LogP contribution in [-0.4, -0.2) is 66.4 Å². The number of rotatable bonds is 1. The van der Waals surface area contributed by atoms with Gasteiger partial charge >= 0.3 is 0 Å². The highest BCUT2D eigenvalue weighted by atomic mass is 16.5. The van der Waals surface area contributed by atoms with E-state index in [2.05, 4.69) is 10.3 Å². The molecule has 0 bridgehead atoms. The lowest BCUT2D eigenvalue weighted by atomic mass is 9.87. The summed E-state index contributed by atoms with van der Waals surface area (Å²) in [4.78, 5) is 33.5. The number of amides is 2. The molecular weight excluding hydrogens is 332 g/mol. The first-order valence-corrected chi connectivity index (χ1v) is 9.05. The zero-order valence-corrected chi connectivity index (χ0v) is 15.4. The van der Waals surface area contributed by atoms with Gasteiger partial charge in [-0.2, -0.15) is 0 Å². The van der Waals surface area contributed by atoms with Gasteiger partial charge in [-0.25, -0.2) is 4.99 Å². The van der Waals surface area contributed by atoms with Gasteiger partial charge in [-0.1, -0.05) is 0 Å². The highest BCUT2D eigenvalue weighted by Crippen LogP contribution is 2.32. The molecule has 0 saturated carbocycles. The molecule has 4 rings (SSSR count). The van der Waals surface area contributed by atoms with Crippen LogP contribution < -0.4 is 10.1 Å². The van der Waals surface area contributed by atoms with Gasteiger partial charge in [-0.05, 0) is 43.5 Å². The molecule has 26 heavy (non-hydrogen) atoms. The Morgan fingerprint density at radius 1 is 1.35 bits per heavy atom. The number of fused-ring (bicyclic) bond motifs is 1. The molecule has 1 atom stereocenters. The lowest BCUT2D eigenvalue weighted by Crippen LogP contribution is -2.50. The van der Waals surface area contributed by atoms with Gasteiger partial charge in [0, 0.05) is 39.2 Å². The van der Waals surface area contributed by atoms with Crippen LogP contribution in [0.15, 0.2) is 23.2 Å². The fourth-order valence-electron chi connectivity index (χ4n) is 3.87. The number of carbonyl (C=O) groups excluding carboxylic acids is 2. The molecule has 7 heteroatoms. The van der Waals surface area contributed by atoms with Crippen molar-refractivity contribution in [3.8, 4) is 5.75 Å². The van der Waals surface area contributed by atoms with E-state index >= 15 is 0 Å². The Kier molecular flexibility index (Phi) is 3.89. The van der Waals surface area contributed by atoms with Crippen LogP contribution in [0, 0.1) is 0 Å². The molecule has 1 aromatic carbocycles. The first-order valence-electron chi connectivity index (χ1n) is 9.05. The summed E-state index contributed by atoms with van der Waals surface area (Å²) in [6.07, 6.45) is 2.09. The molecule has 0 radical (unpaired) electrons. The van der Waals surface area contributed by atoms with Gasteiger partial charge in [0.15, 0.2) is 0 Å². The van der Waals surface area contributed by atoms with E-state index in [0.717, 1.165) is 17.7 Å². The van der Waals surface area contributed by atoms with Crippen LogP contribution in [-0.2, 0) is 11.2 Å². The Hall–Kier alpha value is -2.57. The highest BCUT2D eigenvalue weighted by molar-refractivity contribution is 6.07. The smallest absolute Gasteiger partial charge is 0.254 e. The molecule has 0 aliphatic carbocycles. The molecule has 1 aromatic rings. The fourth-order valence-corrected chi connectivity index (χ4v) is 3.87. The van der Waals surface area contributed by atoms with Crippen LogP contribution in [0.2, 0.25) is 0 Å². The van der Waals surface area contributed by atoms with E-state index in [-0.39, 0.29) is 17.9 Å². The Balaban J connectivity index is 1.46. The summed E-state index contributed by atoms with van der Waals surface area (Å²) >= 11 is 0. The summed E-state index contributed by atoms with van der Waals surface area (Å²) in [6.45, 7) is 3.08. The van der Waals surface area contributed by atoms with Crippen LogP contribution in [0.1, 0.15) is 35.7 Å². The second-order valence-corrected chi connectivity index (χ2v) is 7.56. The summed E-state index contributed by atoms with van der Waals surface area (Å²) in [7, 11) is 3.71. The number of nitrogens with one attached hydrogen (secondary N) is 1. The molecule has 138 valence electrons. The van der Waals surface area contributed by atoms with Gasteiger partial charge in [0.1, 0.15) is 17.4 Å². The van der Waals surface area contributed by atoms with E-state index in [4.69, 9.17) is 4.74 Å². The normalized spacial score (nSPS) is 23.3. The number of piperidine rings is 1. The van der Waals surface area contributed by atoms with Gasteiger partial charge in [-0.15, -0.1) is 0 Å². The van der Waals surface area contributed by atoms with E-state index in [1.54, 1.807) is 4.90 Å². The predicted molar refractivity (Wildman–Crippen MR) is 97.4 cm³/mol. The van der Waals surface area contributed by atoms with Crippen molar-refractivity contribution >= 4 is 17.8 Å². The van der Waals surface area contributed by atoms with E-state index in [9.17, 15) is 9.59 Å². The lowest BCUT2D eigenvalue weighted by Gasteiger charge is -2.35.